The average Bonchev–Trinajstić information content (AvgIpc) is 2.66. The van der Waals surface area contributed by atoms with Gasteiger partial charge in [0.05, 0.1) is 12.5 Å². The maximum atomic E-state index is 12.6. The van der Waals surface area contributed by atoms with Crippen LogP contribution in [0.3, 0.4) is 0 Å². The fourth-order valence-electron chi connectivity index (χ4n) is 5.27. The molecule has 4 aliphatic rings. The minimum Gasteiger partial charge on any atom is -0.461 e. The Balaban J connectivity index is 1.42. The zero-order valence-corrected chi connectivity index (χ0v) is 16.5. The van der Waals surface area contributed by atoms with Crippen LogP contribution in [0.25, 0.3) is 0 Å². The van der Waals surface area contributed by atoms with Crippen molar-refractivity contribution in [3.63, 3.8) is 0 Å². The van der Waals surface area contributed by atoms with Crippen LogP contribution in [0.1, 0.15) is 57.2 Å². The van der Waals surface area contributed by atoms with Crippen molar-refractivity contribution in [1.82, 2.24) is 4.90 Å². The van der Waals surface area contributed by atoms with Crippen LogP contribution in [0, 0.1) is 17.3 Å². The number of ether oxygens (including phenoxy) is 1. The molecule has 5 rings (SSSR count). The predicted octanol–water partition coefficient (Wildman–Crippen LogP) is 4.06. The number of hydrogen-bond acceptors (Lipinski definition) is 3. The van der Waals surface area contributed by atoms with Gasteiger partial charge < -0.3 is 9.64 Å². The Hall–Kier alpha value is -2.10. The van der Waals surface area contributed by atoms with Gasteiger partial charge in [0.1, 0.15) is 6.61 Å². The van der Waals surface area contributed by atoms with Crippen molar-refractivity contribution in [3.05, 3.63) is 47.0 Å². The van der Waals surface area contributed by atoms with Crippen molar-refractivity contribution >= 4 is 11.9 Å². The third kappa shape index (κ3) is 3.19. The van der Waals surface area contributed by atoms with Gasteiger partial charge in [0, 0.05) is 13.5 Å². The van der Waals surface area contributed by atoms with Crippen molar-refractivity contribution in [3.8, 4) is 0 Å². The molecule has 4 nitrogen and oxygen atoms in total. The largest absolute Gasteiger partial charge is 0.461 e. The lowest BCUT2D eigenvalue weighted by atomic mass is 9.49. The van der Waals surface area contributed by atoms with E-state index in [1.165, 1.54) is 17.6 Å². The van der Waals surface area contributed by atoms with Crippen molar-refractivity contribution in [2.45, 2.75) is 52.5 Å². The summed E-state index contributed by atoms with van der Waals surface area (Å²) in [5, 5.41) is 0. The summed E-state index contributed by atoms with van der Waals surface area (Å²) in [6.45, 7) is 7.28. The first kappa shape index (κ1) is 18.3. The smallest absolute Gasteiger partial charge is 0.308 e. The summed E-state index contributed by atoms with van der Waals surface area (Å²) in [5.74, 6) is 1.13. The molecule has 4 heteroatoms. The fraction of sp³-hybridized carbons (Fsp3) is 0.565. The van der Waals surface area contributed by atoms with Crippen LogP contribution in [-0.2, 0) is 20.7 Å². The van der Waals surface area contributed by atoms with E-state index in [4.69, 9.17) is 4.74 Å². The normalized spacial score (nSPS) is 27.9. The molecule has 1 saturated carbocycles. The Labute approximate surface area is 161 Å². The fourth-order valence-corrected chi connectivity index (χ4v) is 5.27. The zero-order valence-electron chi connectivity index (χ0n) is 16.5. The summed E-state index contributed by atoms with van der Waals surface area (Å²) in [6, 6.07) is 7.89. The molecule has 0 aromatic heterocycles. The summed E-state index contributed by atoms with van der Waals surface area (Å²) in [7, 11) is 0. The average molecular weight is 367 g/mol. The summed E-state index contributed by atoms with van der Waals surface area (Å²) in [6.07, 6.45) is 5.66. The highest BCUT2D eigenvalue weighted by Crippen LogP contribution is 2.59. The molecule has 2 bridgehead atoms. The molecule has 1 heterocycles. The number of allylic oxidation sites excluding steroid dienone is 1. The molecule has 1 aliphatic heterocycles. The molecule has 3 atom stereocenters. The highest BCUT2D eigenvalue weighted by molar-refractivity contribution is 5.77. The summed E-state index contributed by atoms with van der Waals surface area (Å²) < 4.78 is 5.67. The Morgan fingerprint density at radius 2 is 2.04 bits per heavy atom. The second-order valence-electron chi connectivity index (χ2n) is 8.86. The van der Waals surface area contributed by atoms with Crippen LogP contribution in [0.2, 0.25) is 0 Å². The van der Waals surface area contributed by atoms with Gasteiger partial charge in [0.25, 0.3) is 0 Å². The standard InChI is InChI=1S/C23H29NO3/c1-15(25)24-11-10-16-6-4-5-7-19(16)21(24)13-22(26)27-14-17-8-9-18-12-20(17)23(18,2)3/h4-8,18,20-21H,9-14H2,1-3H3/t18-,20-,21+/m0/s1. The molecule has 1 aromatic carbocycles. The molecule has 27 heavy (non-hydrogen) atoms. The van der Waals surface area contributed by atoms with E-state index < -0.39 is 0 Å². The van der Waals surface area contributed by atoms with Crippen LogP contribution >= 0.6 is 0 Å². The topological polar surface area (TPSA) is 46.6 Å². The van der Waals surface area contributed by atoms with E-state index in [-0.39, 0.29) is 24.3 Å². The van der Waals surface area contributed by atoms with Crippen molar-refractivity contribution in [2.75, 3.05) is 13.2 Å². The number of carbonyl (C=O) groups excluding carboxylic acids is 2. The maximum absolute atomic E-state index is 12.6. The predicted molar refractivity (Wildman–Crippen MR) is 104 cm³/mol. The van der Waals surface area contributed by atoms with Gasteiger partial charge in [0.15, 0.2) is 0 Å². The van der Waals surface area contributed by atoms with E-state index in [1.807, 2.05) is 23.1 Å². The molecule has 0 spiro atoms. The molecule has 0 unspecified atom stereocenters. The van der Waals surface area contributed by atoms with Gasteiger partial charge >= 0.3 is 5.97 Å². The number of nitrogens with zero attached hydrogens (tertiary/aromatic N) is 1. The van der Waals surface area contributed by atoms with Gasteiger partial charge in [-0.05, 0) is 53.2 Å². The molecule has 1 aromatic rings. The number of carbonyl (C=O) groups is 2. The lowest BCUT2D eigenvalue weighted by molar-refractivity contribution is -0.146. The molecule has 0 saturated heterocycles. The van der Waals surface area contributed by atoms with Crippen LogP contribution < -0.4 is 0 Å². The number of amides is 1. The second kappa shape index (κ2) is 6.81. The van der Waals surface area contributed by atoms with E-state index in [9.17, 15) is 9.59 Å². The SMILES string of the molecule is CC(=O)N1CCc2ccccc2[C@H]1CC(=O)OCC1=CC[C@H]2C[C@@H]1C2(C)C. The van der Waals surface area contributed by atoms with Gasteiger partial charge in [-0.2, -0.15) is 0 Å². The molecular formula is C23H29NO3. The highest BCUT2D eigenvalue weighted by atomic mass is 16.5. The minimum absolute atomic E-state index is 0.0135. The van der Waals surface area contributed by atoms with Gasteiger partial charge in [-0.15, -0.1) is 0 Å². The Bertz CT molecular complexity index is 795. The first-order chi connectivity index (χ1) is 12.9. The van der Waals surface area contributed by atoms with Crippen LogP contribution in [0.15, 0.2) is 35.9 Å². The first-order valence-electron chi connectivity index (χ1n) is 10.1. The van der Waals surface area contributed by atoms with Crippen LogP contribution in [0.5, 0.6) is 0 Å². The summed E-state index contributed by atoms with van der Waals surface area (Å²) in [5.41, 5.74) is 3.92. The zero-order chi connectivity index (χ0) is 19.2. The second-order valence-corrected chi connectivity index (χ2v) is 8.86. The van der Waals surface area contributed by atoms with E-state index in [1.54, 1.807) is 6.92 Å². The highest BCUT2D eigenvalue weighted by Gasteiger charge is 2.51. The summed E-state index contributed by atoms with van der Waals surface area (Å²) in [4.78, 5) is 26.5. The summed E-state index contributed by atoms with van der Waals surface area (Å²) >= 11 is 0. The van der Waals surface area contributed by atoms with Crippen molar-refractivity contribution in [1.29, 1.82) is 0 Å². The Morgan fingerprint density at radius 1 is 1.26 bits per heavy atom. The third-order valence-electron chi connectivity index (χ3n) is 7.16. The number of rotatable bonds is 4. The molecule has 144 valence electrons. The lowest BCUT2D eigenvalue weighted by Gasteiger charge is -2.56. The minimum atomic E-state index is -0.219. The van der Waals surface area contributed by atoms with Crippen LogP contribution in [-0.4, -0.2) is 29.9 Å². The van der Waals surface area contributed by atoms with Crippen molar-refractivity contribution in [2.24, 2.45) is 17.3 Å². The van der Waals surface area contributed by atoms with Crippen molar-refractivity contribution < 1.29 is 14.3 Å². The van der Waals surface area contributed by atoms with Gasteiger partial charge in [-0.25, -0.2) is 0 Å². The first-order valence-corrected chi connectivity index (χ1v) is 10.1. The number of benzene rings is 1. The van der Waals surface area contributed by atoms with Gasteiger partial charge in [-0.3, -0.25) is 9.59 Å². The van der Waals surface area contributed by atoms with E-state index >= 15 is 0 Å². The van der Waals surface area contributed by atoms with Gasteiger partial charge in [0.2, 0.25) is 5.91 Å². The maximum Gasteiger partial charge on any atom is 0.308 e. The Kier molecular flexibility index (Phi) is 4.61. The number of esters is 1. The molecule has 0 radical (unpaired) electrons. The third-order valence-corrected chi connectivity index (χ3v) is 7.16. The monoisotopic (exact) mass is 367 g/mol. The molecule has 1 fully saturated rings. The number of fused-ring (bicyclic) bond motifs is 2. The lowest BCUT2D eigenvalue weighted by Crippen LogP contribution is -2.48. The van der Waals surface area contributed by atoms with Crippen LogP contribution in [0.4, 0.5) is 0 Å². The molecule has 3 aliphatic carbocycles. The van der Waals surface area contributed by atoms with E-state index in [0.29, 0.717) is 24.5 Å². The van der Waals surface area contributed by atoms with E-state index in [2.05, 4.69) is 26.0 Å². The molecule has 1 amide bonds. The molecular weight excluding hydrogens is 338 g/mol. The number of hydrogen-bond donors (Lipinski definition) is 0. The Morgan fingerprint density at radius 3 is 2.74 bits per heavy atom. The van der Waals surface area contributed by atoms with Gasteiger partial charge in [-0.1, -0.05) is 44.2 Å². The molecule has 0 N–H and O–H groups in total. The van der Waals surface area contributed by atoms with E-state index in [0.717, 1.165) is 24.3 Å². The quantitative estimate of drug-likeness (QED) is 0.596.